The van der Waals surface area contributed by atoms with Gasteiger partial charge in [0.05, 0.1) is 17.6 Å². The highest BCUT2D eigenvalue weighted by atomic mass is 16.2. The van der Waals surface area contributed by atoms with Gasteiger partial charge in [-0.25, -0.2) is 14.9 Å². The van der Waals surface area contributed by atoms with Crippen LogP contribution in [0.4, 0.5) is 0 Å². The van der Waals surface area contributed by atoms with Crippen molar-refractivity contribution in [3.8, 4) is 0 Å². The minimum Gasteiger partial charge on any atom is -0.325 e. The van der Waals surface area contributed by atoms with E-state index in [0.717, 1.165) is 22.6 Å². The van der Waals surface area contributed by atoms with E-state index in [-0.39, 0.29) is 11.8 Å². The third-order valence-corrected chi connectivity index (χ3v) is 4.04. The first-order chi connectivity index (χ1) is 10.8. The van der Waals surface area contributed by atoms with E-state index >= 15 is 0 Å². The van der Waals surface area contributed by atoms with Crippen molar-refractivity contribution in [3.63, 3.8) is 0 Å². The van der Waals surface area contributed by atoms with Crippen molar-refractivity contribution in [3.05, 3.63) is 47.9 Å². The van der Waals surface area contributed by atoms with E-state index in [0.29, 0.717) is 18.5 Å². The minimum absolute atomic E-state index is 0.0759. The number of nitrogens with one attached hydrogen (secondary N) is 1. The van der Waals surface area contributed by atoms with Crippen LogP contribution in [0.1, 0.15) is 12.1 Å². The second-order valence-corrected chi connectivity index (χ2v) is 5.26. The first-order valence-corrected chi connectivity index (χ1v) is 7.04. The lowest BCUT2D eigenvalue weighted by molar-refractivity contribution is -0.118. The number of carbonyl (C=O) groups is 1. The van der Waals surface area contributed by atoms with Gasteiger partial charge in [0.1, 0.15) is 0 Å². The van der Waals surface area contributed by atoms with Crippen molar-refractivity contribution in [1.82, 2.24) is 20.0 Å². The van der Waals surface area contributed by atoms with Crippen LogP contribution in [0.2, 0.25) is 0 Å². The van der Waals surface area contributed by atoms with Crippen LogP contribution >= 0.6 is 0 Å². The summed E-state index contributed by atoms with van der Waals surface area (Å²) in [6.45, 7) is 0.320. The summed E-state index contributed by atoms with van der Waals surface area (Å²) in [4.78, 5) is 16.3. The monoisotopic (exact) mass is 294 g/mol. The van der Waals surface area contributed by atoms with Gasteiger partial charge in [0, 0.05) is 24.2 Å². The summed E-state index contributed by atoms with van der Waals surface area (Å²) in [6.07, 6.45) is 7.98. The van der Waals surface area contributed by atoms with Gasteiger partial charge in [-0.05, 0) is 24.1 Å². The molecule has 22 heavy (non-hydrogen) atoms. The van der Waals surface area contributed by atoms with Crippen LogP contribution in [0.3, 0.4) is 0 Å². The summed E-state index contributed by atoms with van der Waals surface area (Å²) < 4.78 is 1.80. The number of nitrogens with two attached hydrogens (primary N) is 1. The number of imidazole rings is 1. The molecule has 1 aliphatic heterocycles. The molecule has 2 aromatic heterocycles. The van der Waals surface area contributed by atoms with Crippen LogP contribution in [0.15, 0.2) is 47.4 Å². The molecule has 0 aromatic carbocycles. The lowest BCUT2D eigenvalue weighted by Crippen LogP contribution is -2.39. The molecule has 2 aliphatic rings. The first kappa shape index (κ1) is 12.9. The smallest absolute Gasteiger partial charge is 0.267 e. The highest BCUT2D eigenvalue weighted by Crippen LogP contribution is 2.33. The van der Waals surface area contributed by atoms with Crippen molar-refractivity contribution < 1.29 is 4.79 Å². The second kappa shape index (κ2) is 4.88. The average molecular weight is 294 g/mol. The first-order valence-electron chi connectivity index (χ1n) is 7.04. The molecule has 1 aliphatic carbocycles. The Kier molecular flexibility index (Phi) is 2.87. The van der Waals surface area contributed by atoms with Crippen LogP contribution in [0.5, 0.6) is 0 Å². The van der Waals surface area contributed by atoms with Crippen LogP contribution in [0.25, 0.3) is 11.2 Å². The summed E-state index contributed by atoms with van der Waals surface area (Å²) in [5.74, 6) is -0.234. The van der Waals surface area contributed by atoms with Gasteiger partial charge in [-0.1, -0.05) is 12.2 Å². The molecule has 0 fully saturated rings. The minimum atomic E-state index is -0.159. The molecule has 0 saturated heterocycles. The summed E-state index contributed by atoms with van der Waals surface area (Å²) in [6, 6.07) is 3.76. The van der Waals surface area contributed by atoms with Crippen molar-refractivity contribution in [1.29, 1.82) is 0 Å². The molecule has 0 radical (unpaired) electrons. The molecule has 4 rings (SSSR count). The fourth-order valence-corrected chi connectivity index (χ4v) is 2.93. The van der Waals surface area contributed by atoms with Crippen molar-refractivity contribution in [2.75, 3.05) is 6.54 Å². The molecule has 1 amide bonds. The van der Waals surface area contributed by atoms with Crippen molar-refractivity contribution in [2.45, 2.75) is 6.42 Å². The van der Waals surface area contributed by atoms with Crippen molar-refractivity contribution >= 4 is 22.8 Å². The van der Waals surface area contributed by atoms with E-state index in [9.17, 15) is 4.79 Å². The van der Waals surface area contributed by atoms with Gasteiger partial charge in [-0.3, -0.25) is 4.79 Å². The molecule has 110 valence electrons. The molecule has 3 N–H and O–H groups in total. The maximum Gasteiger partial charge on any atom is 0.267 e. The highest BCUT2D eigenvalue weighted by molar-refractivity contribution is 6.08. The number of allylic oxidation sites excluding steroid dienone is 3. The van der Waals surface area contributed by atoms with Gasteiger partial charge in [-0.2, -0.15) is 10.2 Å². The highest BCUT2D eigenvalue weighted by Gasteiger charge is 2.32. The van der Waals surface area contributed by atoms with E-state index in [1.54, 1.807) is 16.9 Å². The Morgan fingerprint density at radius 3 is 3.18 bits per heavy atom. The topological polar surface area (TPSA) is 97.7 Å². The third kappa shape index (κ3) is 1.86. The van der Waals surface area contributed by atoms with Gasteiger partial charge in [0.25, 0.3) is 5.91 Å². The average Bonchev–Trinajstić information content (AvgIpc) is 2.99. The number of nitrogens with zero attached hydrogens (tertiary/aromatic N) is 4. The third-order valence-electron chi connectivity index (χ3n) is 4.04. The zero-order chi connectivity index (χ0) is 15.1. The fourth-order valence-electron chi connectivity index (χ4n) is 2.93. The summed E-state index contributed by atoms with van der Waals surface area (Å²) in [5, 5.41) is 8.41. The largest absolute Gasteiger partial charge is 0.325 e. The van der Waals surface area contributed by atoms with Gasteiger partial charge >= 0.3 is 0 Å². The predicted octanol–water partition coefficient (Wildman–Crippen LogP) is 0.503. The van der Waals surface area contributed by atoms with Gasteiger partial charge in [0.2, 0.25) is 0 Å². The second-order valence-electron chi connectivity index (χ2n) is 5.26. The summed E-state index contributed by atoms with van der Waals surface area (Å²) in [5.41, 5.74) is 12.5. The quantitative estimate of drug-likeness (QED) is 0.843. The lowest BCUT2D eigenvalue weighted by atomic mass is 9.81. The van der Waals surface area contributed by atoms with E-state index in [1.807, 2.05) is 24.3 Å². The lowest BCUT2D eigenvalue weighted by Gasteiger charge is -2.28. The number of aromatic nitrogens is 3. The Balaban J connectivity index is 1.79. The van der Waals surface area contributed by atoms with Gasteiger partial charge in [-0.15, -0.1) is 0 Å². The summed E-state index contributed by atoms with van der Waals surface area (Å²) in [7, 11) is 0. The summed E-state index contributed by atoms with van der Waals surface area (Å²) >= 11 is 0. The Morgan fingerprint density at radius 1 is 1.41 bits per heavy atom. The molecule has 7 nitrogen and oxygen atoms in total. The Bertz CT molecular complexity index is 860. The number of rotatable bonds is 2. The number of amides is 1. The van der Waals surface area contributed by atoms with Crippen molar-refractivity contribution in [2.24, 2.45) is 16.8 Å². The molecule has 0 bridgehead atoms. The van der Waals surface area contributed by atoms with Crippen LogP contribution < -0.4 is 11.2 Å². The molecule has 2 aromatic rings. The number of carbonyl (C=O) groups excluding carboxylic acids is 1. The van der Waals surface area contributed by atoms with Gasteiger partial charge < -0.3 is 5.73 Å². The zero-order valence-corrected chi connectivity index (χ0v) is 11.7. The molecule has 0 spiro atoms. The number of hydrogen-bond donors (Lipinski definition) is 2. The predicted molar refractivity (Wildman–Crippen MR) is 81.8 cm³/mol. The number of hydrazone groups is 1. The molecular weight excluding hydrogens is 280 g/mol. The van der Waals surface area contributed by atoms with Gasteiger partial charge in [0.15, 0.2) is 5.65 Å². The van der Waals surface area contributed by atoms with E-state index in [1.165, 1.54) is 0 Å². The molecular formula is C15H14N6O. The Morgan fingerprint density at radius 2 is 2.32 bits per heavy atom. The molecule has 0 saturated carbocycles. The number of fused-ring (bicyclic) bond motifs is 2. The van der Waals surface area contributed by atoms with Crippen LogP contribution in [0, 0.1) is 5.92 Å². The zero-order valence-electron chi connectivity index (χ0n) is 11.7. The molecule has 7 heteroatoms. The molecule has 3 heterocycles. The molecule has 1 unspecified atom stereocenters. The maximum atomic E-state index is 11.9. The Labute approximate surface area is 126 Å². The van der Waals surface area contributed by atoms with Crippen LogP contribution in [-0.2, 0) is 4.79 Å². The number of hydrogen-bond acceptors (Lipinski definition) is 5. The van der Waals surface area contributed by atoms with E-state index in [2.05, 4.69) is 20.6 Å². The van der Waals surface area contributed by atoms with Crippen LogP contribution in [-0.4, -0.2) is 32.8 Å². The standard InChI is InChI=1S/C15H14N6O/c16-7-12-11-6-9(3-4-10(11)15(22)20-19-12)13-8-17-14-2-1-5-18-21(13)14/h1-5,8,11H,6-7,16H2,(H,20,22). The van der Waals surface area contributed by atoms with E-state index < -0.39 is 0 Å². The normalized spacial score (nSPS) is 20.9. The van der Waals surface area contributed by atoms with E-state index in [4.69, 9.17) is 5.73 Å². The molecule has 1 atom stereocenters. The fraction of sp³-hybridized carbons (Fsp3) is 0.200. The Hall–Kier alpha value is -2.80. The SMILES string of the molecule is NCC1=NNC(=O)C2=CC=C(c3cnc4cccnn34)CC21. The maximum absolute atomic E-state index is 11.9.